The molecule has 86 valence electrons. The number of aromatic hydroxyl groups is 1. The first kappa shape index (κ1) is 11.1. The van der Waals surface area contributed by atoms with Crippen molar-refractivity contribution in [1.82, 2.24) is 0 Å². The molecule has 2 rings (SSSR count). The maximum absolute atomic E-state index is 9.53. The zero-order chi connectivity index (χ0) is 12.1. The van der Waals surface area contributed by atoms with Gasteiger partial charge in [-0.25, -0.2) is 0 Å². The van der Waals surface area contributed by atoms with Gasteiger partial charge in [-0.1, -0.05) is 24.3 Å². The smallest absolute Gasteiger partial charge is 0.128 e. The quantitative estimate of drug-likeness (QED) is 0.626. The number of hydrogen-bond acceptors (Lipinski definition) is 3. The summed E-state index contributed by atoms with van der Waals surface area (Å²) in [6.07, 6.45) is 3.21. The molecule has 2 aromatic rings. The molecule has 0 unspecified atom stereocenters. The van der Waals surface area contributed by atoms with E-state index < -0.39 is 0 Å². The molecule has 3 N–H and O–H groups in total. The second kappa shape index (κ2) is 5.07. The highest BCUT2D eigenvalue weighted by atomic mass is 16.5. The zero-order valence-corrected chi connectivity index (χ0v) is 9.21. The molecular formula is C14H13NO2. The topological polar surface area (TPSA) is 55.5 Å². The number of ether oxygens (including phenoxy) is 1. The van der Waals surface area contributed by atoms with Crippen molar-refractivity contribution in [3.05, 3.63) is 60.4 Å². The van der Waals surface area contributed by atoms with Gasteiger partial charge in [-0.3, -0.25) is 0 Å². The van der Waals surface area contributed by atoms with Crippen LogP contribution >= 0.6 is 0 Å². The minimum Gasteiger partial charge on any atom is -0.507 e. The van der Waals surface area contributed by atoms with Crippen molar-refractivity contribution in [2.75, 3.05) is 5.73 Å². The largest absolute Gasteiger partial charge is 0.507 e. The first-order valence-electron chi connectivity index (χ1n) is 5.22. The van der Waals surface area contributed by atoms with E-state index in [1.165, 1.54) is 6.26 Å². The van der Waals surface area contributed by atoms with Crippen molar-refractivity contribution < 1.29 is 9.84 Å². The van der Waals surface area contributed by atoms with Crippen molar-refractivity contribution in [3.63, 3.8) is 0 Å². The molecule has 0 saturated carbocycles. The molecule has 0 fully saturated rings. The third kappa shape index (κ3) is 3.01. The van der Waals surface area contributed by atoms with E-state index in [-0.39, 0.29) is 5.75 Å². The van der Waals surface area contributed by atoms with E-state index >= 15 is 0 Å². The molecule has 0 heterocycles. The third-order valence-corrected chi connectivity index (χ3v) is 2.25. The molecule has 17 heavy (non-hydrogen) atoms. The van der Waals surface area contributed by atoms with Gasteiger partial charge in [-0.15, -0.1) is 0 Å². The summed E-state index contributed by atoms with van der Waals surface area (Å²) in [6.45, 7) is 0. The number of benzene rings is 2. The minimum absolute atomic E-state index is 0.222. The number of anilines is 1. The van der Waals surface area contributed by atoms with Crippen LogP contribution in [0.3, 0.4) is 0 Å². The van der Waals surface area contributed by atoms with Crippen molar-refractivity contribution in [3.8, 4) is 11.5 Å². The van der Waals surface area contributed by atoms with E-state index in [1.54, 1.807) is 36.4 Å². The van der Waals surface area contributed by atoms with Gasteiger partial charge in [0, 0.05) is 17.3 Å². The fourth-order valence-electron chi connectivity index (χ4n) is 1.40. The predicted octanol–water partition coefficient (Wildman–Crippen LogP) is 3.02. The third-order valence-electron chi connectivity index (χ3n) is 2.25. The van der Waals surface area contributed by atoms with Gasteiger partial charge >= 0.3 is 0 Å². The van der Waals surface area contributed by atoms with Crippen LogP contribution < -0.4 is 10.5 Å². The Balaban J connectivity index is 2.06. The maximum atomic E-state index is 9.53. The number of rotatable bonds is 3. The van der Waals surface area contributed by atoms with E-state index in [4.69, 9.17) is 10.5 Å². The Bertz CT molecular complexity index is 535. The van der Waals surface area contributed by atoms with Crippen LogP contribution in [0.5, 0.6) is 11.5 Å². The lowest BCUT2D eigenvalue weighted by Gasteiger charge is -2.01. The van der Waals surface area contributed by atoms with Gasteiger partial charge in [0.25, 0.3) is 0 Å². The number of phenols is 1. The summed E-state index contributed by atoms with van der Waals surface area (Å²) in [5, 5.41) is 9.53. The van der Waals surface area contributed by atoms with Crippen LogP contribution in [0.2, 0.25) is 0 Å². The molecule has 0 bridgehead atoms. The second-order valence-corrected chi connectivity index (χ2v) is 3.55. The first-order valence-corrected chi connectivity index (χ1v) is 5.22. The molecular weight excluding hydrogens is 214 g/mol. The molecule has 0 amide bonds. The number of phenolic OH excluding ortho intramolecular Hbond substituents is 1. The average molecular weight is 227 g/mol. The molecule has 0 aliphatic carbocycles. The van der Waals surface area contributed by atoms with Crippen LogP contribution in [0.15, 0.2) is 54.8 Å². The summed E-state index contributed by atoms with van der Waals surface area (Å²) in [7, 11) is 0. The summed E-state index contributed by atoms with van der Waals surface area (Å²) >= 11 is 0. The number of hydrogen-bond donors (Lipinski definition) is 2. The Morgan fingerprint density at radius 1 is 1.06 bits per heavy atom. The standard InChI is InChI=1S/C14H13NO2/c15-12-5-3-6-13(10-12)17-9-8-11-4-1-2-7-14(11)16/h1-10,16H,15H2. The fourth-order valence-corrected chi connectivity index (χ4v) is 1.40. The molecule has 0 aromatic heterocycles. The molecule has 3 nitrogen and oxygen atoms in total. The van der Waals surface area contributed by atoms with E-state index in [0.29, 0.717) is 17.0 Å². The van der Waals surface area contributed by atoms with Crippen LogP contribution in [0.4, 0.5) is 5.69 Å². The summed E-state index contributed by atoms with van der Waals surface area (Å²) in [5.41, 5.74) is 6.98. The summed E-state index contributed by atoms with van der Waals surface area (Å²) in [4.78, 5) is 0. The number of nitrogen functional groups attached to an aromatic ring is 1. The highest BCUT2D eigenvalue weighted by Gasteiger charge is 1.94. The second-order valence-electron chi connectivity index (χ2n) is 3.55. The highest BCUT2D eigenvalue weighted by Crippen LogP contribution is 2.18. The lowest BCUT2D eigenvalue weighted by molar-refractivity contribution is 0.471. The van der Waals surface area contributed by atoms with E-state index in [0.717, 1.165) is 0 Å². The van der Waals surface area contributed by atoms with E-state index in [9.17, 15) is 5.11 Å². The highest BCUT2D eigenvalue weighted by molar-refractivity contribution is 5.56. The van der Waals surface area contributed by atoms with Gasteiger partial charge in [0.2, 0.25) is 0 Å². The molecule has 0 atom stereocenters. The number of nitrogens with two attached hydrogens (primary N) is 1. The maximum Gasteiger partial charge on any atom is 0.128 e. The van der Waals surface area contributed by atoms with Gasteiger partial charge in [-0.05, 0) is 24.3 Å². The number of para-hydroxylation sites is 1. The Morgan fingerprint density at radius 2 is 1.88 bits per heavy atom. The van der Waals surface area contributed by atoms with Gasteiger partial charge < -0.3 is 15.6 Å². The normalized spacial score (nSPS) is 10.6. The van der Waals surface area contributed by atoms with Gasteiger partial charge in [0.15, 0.2) is 0 Å². The van der Waals surface area contributed by atoms with Crippen molar-refractivity contribution in [1.29, 1.82) is 0 Å². The predicted molar refractivity (Wildman–Crippen MR) is 68.6 cm³/mol. The monoisotopic (exact) mass is 227 g/mol. The van der Waals surface area contributed by atoms with Crippen LogP contribution in [0.25, 0.3) is 6.08 Å². The average Bonchev–Trinajstić information content (AvgIpc) is 2.32. The van der Waals surface area contributed by atoms with E-state index in [2.05, 4.69) is 0 Å². The minimum atomic E-state index is 0.222. The van der Waals surface area contributed by atoms with E-state index in [1.807, 2.05) is 18.2 Å². The first-order chi connectivity index (χ1) is 8.25. The van der Waals surface area contributed by atoms with Gasteiger partial charge in [-0.2, -0.15) is 0 Å². The molecule has 0 spiro atoms. The molecule has 0 aliphatic rings. The Hall–Kier alpha value is -2.42. The fraction of sp³-hybridized carbons (Fsp3) is 0. The Kier molecular flexibility index (Phi) is 3.31. The van der Waals surface area contributed by atoms with Crippen molar-refractivity contribution in [2.45, 2.75) is 0 Å². The molecule has 0 radical (unpaired) electrons. The van der Waals surface area contributed by atoms with Gasteiger partial charge in [0.1, 0.15) is 11.5 Å². The van der Waals surface area contributed by atoms with Gasteiger partial charge in [0.05, 0.1) is 6.26 Å². The van der Waals surface area contributed by atoms with Crippen LogP contribution in [0.1, 0.15) is 5.56 Å². The van der Waals surface area contributed by atoms with Crippen LogP contribution in [0, 0.1) is 0 Å². The molecule has 3 heteroatoms. The van der Waals surface area contributed by atoms with Crippen molar-refractivity contribution >= 4 is 11.8 Å². The Morgan fingerprint density at radius 3 is 2.65 bits per heavy atom. The lowest BCUT2D eigenvalue weighted by Crippen LogP contribution is -1.86. The molecule has 0 aliphatic heterocycles. The summed E-state index contributed by atoms with van der Waals surface area (Å²) in [6, 6.07) is 14.2. The summed E-state index contributed by atoms with van der Waals surface area (Å²) < 4.78 is 5.37. The molecule has 0 saturated heterocycles. The summed E-state index contributed by atoms with van der Waals surface area (Å²) in [5.74, 6) is 0.886. The Labute approximate surface area is 99.8 Å². The zero-order valence-electron chi connectivity index (χ0n) is 9.21. The molecule has 2 aromatic carbocycles. The van der Waals surface area contributed by atoms with Crippen LogP contribution in [-0.2, 0) is 0 Å². The SMILES string of the molecule is Nc1cccc(OC=Cc2ccccc2O)c1. The van der Waals surface area contributed by atoms with Crippen LogP contribution in [-0.4, -0.2) is 5.11 Å². The lowest BCUT2D eigenvalue weighted by atomic mass is 10.2. The van der Waals surface area contributed by atoms with Crippen molar-refractivity contribution in [2.24, 2.45) is 0 Å².